The lowest BCUT2D eigenvalue weighted by Gasteiger charge is -2.41. The van der Waals surface area contributed by atoms with E-state index in [1.165, 1.54) is 0 Å². The molecule has 3 heteroatoms. The lowest BCUT2D eigenvalue weighted by atomic mass is 9.93. The van der Waals surface area contributed by atoms with E-state index in [2.05, 4.69) is 4.90 Å². The molecular weight excluding hydrogens is 166 g/mol. The molecule has 0 spiro atoms. The summed E-state index contributed by atoms with van der Waals surface area (Å²) < 4.78 is 0. The molecule has 0 radical (unpaired) electrons. The van der Waals surface area contributed by atoms with Crippen LogP contribution in [0.1, 0.15) is 33.6 Å². The van der Waals surface area contributed by atoms with Crippen molar-refractivity contribution in [3.63, 3.8) is 0 Å². The summed E-state index contributed by atoms with van der Waals surface area (Å²) in [4.78, 5) is 2.16. The van der Waals surface area contributed by atoms with E-state index in [0.717, 1.165) is 19.4 Å². The normalized spacial score (nSPS) is 35.8. The van der Waals surface area contributed by atoms with Crippen LogP contribution in [0.5, 0.6) is 0 Å². The van der Waals surface area contributed by atoms with Crippen LogP contribution in [0, 0.1) is 0 Å². The van der Waals surface area contributed by atoms with Crippen molar-refractivity contribution in [1.29, 1.82) is 0 Å². The number of piperidine rings is 1. The van der Waals surface area contributed by atoms with Crippen LogP contribution < -0.4 is 0 Å². The zero-order valence-corrected chi connectivity index (χ0v) is 8.82. The van der Waals surface area contributed by atoms with Crippen molar-refractivity contribution in [2.24, 2.45) is 0 Å². The molecule has 1 saturated heterocycles. The van der Waals surface area contributed by atoms with E-state index < -0.39 is 5.60 Å². The molecule has 0 aromatic heterocycles. The monoisotopic (exact) mass is 187 g/mol. The van der Waals surface area contributed by atoms with Gasteiger partial charge in [0, 0.05) is 12.6 Å². The second-order valence-electron chi connectivity index (χ2n) is 4.55. The fourth-order valence-corrected chi connectivity index (χ4v) is 1.91. The van der Waals surface area contributed by atoms with Gasteiger partial charge in [-0.1, -0.05) is 0 Å². The molecule has 0 bridgehead atoms. The van der Waals surface area contributed by atoms with Gasteiger partial charge in [0.05, 0.1) is 11.7 Å². The van der Waals surface area contributed by atoms with Gasteiger partial charge < -0.3 is 10.2 Å². The standard InChI is InChI=1S/C10H21NO2/c1-8(9(2)12)11-6-4-5-10(3,13)7-11/h8-9,12-13H,4-7H2,1-3H3. The molecule has 0 amide bonds. The Hall–Kier alpha value is -0.120. The van der Waals surface area contributed by atoms with Crippen molar-refractivity contribution in [2.45, 2.75) is 51.4 Å². The van der Waals surface area contributed by atoms with Crippen LogP contribution in [-0.4, -0.2) is 45.9 Å². The Labute approximate surface area is 80.4 Å². The Morgan fingerprint density at radius 3 is 2.46 bits per heavy atom. The Morgan fingerprint density at radius 1 is 1.38 bits per heavy atom. The number of hydrogen-bond acceptors (Lipinski definition) is 3. The number of hydrogen-bond donors (Lipinski definition) is 2. The Bertz CT molecular complexity index is 168. The average Bonchev–Trinajstić information content (AvgIpc) is 2.01. The fourth-order valence-electron chi connectivity index (χ4n) is 1.91. The molecule has 1 rings (SSSR count). The Kier molecular flexibility index (Phi) is 3.33. The first-order valence-corrected chi connectivity index (χ1v) is 5.07. The van der Waals surface area contributed by atoms with Crippen LogP contribution in [0.2, 0.25) is 0 Å². The van der Waals surface area contributed by atoms with Gasteiger partial charge in [-0.15, -0.1) is 0 Å². The van der Waals surface area contributed by atoms with Crippen LogP contribution >= 0.6 is 0 Å². The minimum atomic E-state index is -0.568. The minimum Gasteiger partial charge on any atom is -0.392 e. The van der Waals surface area contributed by atoms with E-state index in [1.807, 2.05) is 13.8 Å². The van der Waals surface area contributed by atoms with Gasteiger partial charge in [-0.25, -0.2) is 0 Å². The third-order valence-electron chi connectivity index (χ3n) is 2.98. The fraction of sp³-hybridized carbons (Fsp3) is 1.00. The number of aliphatic hydroxyl groups excluding tert-OH is 1. The second-order valence-corrected chi connectivity index (χ2v) is 4.55. The molecule has 2 N–H and O–H groups in total. The van der Waals surface area contributed by atoms with E-state index in [0.29, 0.717) is 6.54 Å². The predicted molar refractivity (Wildman–Crippen MR) is 52.6 cm³/mol. The number of rotatable bonds is 2. The molecule has 3 nitrogen and oxygen atoms in total. The van der Waals surface area contributed by atoms with Gasteiger partial charge in [0.1, 0.15) is 0 Å². The first-order chi connectivity index (χ1) is 5.92. The highest BCUT2D eigenvalue weighted by Crippen LogP contribution is 2.22. The summed E-state index contributed by atoms with van der Waals surface area (Å²) in [6.07, 6.45) is 1.56. The van der Waals surface area contributed by atoms with E-state index in [9.17, 15) is 10.2 Å². The molecule has 1 fully saturated rings. The predicted octanol–water partition coefficient (Wildman–Crippen LogP) is 0.602. The molecule has 1 aliphatic rings. The second kappa shape index (κ2) is 3.95. The zero-order chi connectivity index (χ0) is 10.1. The van der Waals surface area contributed by atoms with Gasteiger partial charge in [0.25, 0.3) is 0 Å². The van der Waals surface area contributed by atoms with Crippen molar-refractivity contribution >= 4 is 0 Å². The van der Waals surface area contributed by atoms with Gasteiger partial charge in [-0.05, 0) is 40.2 Å². The van der Waals surface area contributed by atoms with Crippen molar-refractivity contribution in [3.8, 4) is 0 Å². The first kappa shape index (κ1) is 11.0. The highest BCUT2D eigenvalue weighted by atomic mass is 16.3. The number of likely N-dealkylation sites (tertiary alicyclic amines) is 1. The largest absolute Gasteiger partial charge is 0.392 e. The number of β-amino-alcohol motifs (C(OH)–C–C–N with tert-alkyl or cyclic N) is 1. The Balaban J connectivity index is 2.51. The van der Waals surface area contributed by atoms with E-state index in [4.69, 9.17) is 0 Å². The van der Waals surface area contributed by atoms with Gasteiger partial charge in [0.2, 0.25) is 0 Å². The van der Waals surface area contributed by atoms with Gasteiger partial charge in [-0.2, -0.15) is 0 Å². The maximum absolute atomic E-state index is 9.85. The van der Waals surface area contributed by atoms with E-state index in [1.54, 1.807) is 6.92 Å². The number of aliphatic hydroxyl groups is 2. The quantitative estimate of drug-likeness (QED) is 0.665. The average molecular weight is 187 g/mol. The molecule has 0 aromatic carbocycles. The first-order valence-electron chi connectivity index (χ1n) is 5.07. The SMILES string of the molecule is CC(O)C(C)N1CCCC(C)(O)C1. The summed E-state index contributed by atoms with van der Waals surface area (Å²) in [7, 11) is 0. The molecule has 3 atom stereocenters. The summed E-state index contributed by atoms with van der Waals surface area (Å²) in [6, 6.07) is 0.145. The third-order valence-corrected chi connectivity index (χ3v) is 2.98. The van der Waals surface area contributed by atoms with Gasteiger partial charge >= 0.3 is 0 Å². The maximum atomic E-state index is 9.85. The molecule has 0 saturated carbocycles. The lowest BCUT2D eigenvalue weighted by Crippen LogP contribution is -2.52. The Morgan fingerprint density at radius 2 is 2.00 bits per heavy atom. The van der Waals surface area contributed by atoms with Crippen LogP contribution in [0.15, 0.2) is 0 Å². The smallest absolute Gasteiger partial charge is 0.0746 e. The van der Waals surface area contributed by atoms with Crippen molar-refractivity contribution in [3.05, 3.63) is 0 Å². The van der Waals surface area contributed by atoms with Crippen molar-refractivity contribution < 1.29 is 10.2 Å². The molecule has 0 aromatic rings. The van der Waals surface area contributed by atoms with Crippen molar-refractivity contribution in [2.75, 3.05) is 13.1 Å². The molecule has 0 aliphatic carbocycles. The summed E-state index contributed by atoms with van der Waals surface area (Å²) in [6.45, 7) is 7.34. The van der Waals surface area contributed by atoms with Crippen LogP contribution in [0.4, 0.5) is 0 Å². The summed E-state index contributed by atoms with van der Waals surface area (Å²) in [5.74, 6) is 0. The minimum absolute atomic E-state index is 0.145. The van der Waals surface area contributed by atoms with Gasteiger partial charge in [0.15, 0.2) is 0 Å². The van der Waals surface area contributed by atoms with E-state index >= 15 is 0 Å². The van der Waals surface area contributed by atoms with Crippen LogP contribution in [0.3, 0.4) is 0 Å². The lowest BCUT2D eigenvalue weighted by molar-refractivity contribution is -0.0459. The molecule has 78 valence electrons. The third kappa shape index (κ3) is 2.93. The van der Waals surface area contributed by atoms with Crippen LogP contribution in [0.25, 0.3) is 0 Å². The highest BCUT2D eigenvalue weighted by Gasteiger charge is 2.31. The summed E-state index contributed by atoms with van der Waals surface area (Å²) in [5.41, 5.74) is -0.568. The molecule has 13 heavy (non-hydrogen) atoms. The molecule has 1 heterocycles. The zero-order valence-electron chi connectivity index (χ0n) is 8.82. The molecular formula is C10H21NO2. The molecule has 1 aliphatic heterocycles. The summed E-state index contributed by atoms with van der Waals surface area (Å²) >= 11 is 0. The maximum Gasteiger partial charge on any atom is 0.0746 e. The molecule has 3 unspecified atom stereocenters. The highest BCUT2D eigenvalue weighted by molar-refractivity contribution is 4.86. The van der Waals surface area contributed by atoms with Crippen molar-refractivity contribution in [1.82, 2.24) is 4.90 Å². The topological polar surface area (TPSA) is 43.7 Å². The summed E-state index contributed by atoms with van der Waals surface area (Å²) in [5, 5.41) is 19.3. The number of nitrogens with zero attached hydrogens (tertiary/aromatic N) is 1. The van der Waals surface area contributed by atoms with E-state index in [-0.39, 0.29) is 12.1 Å². The van der Waals surface area contributed by atoms with Crippen LogP contribution in [-0.2, 0) is 0 Å². The van der Waals surface area contributed by atoms with Gasteiger partial charge in [-0.3, -0.25) is 4.90 Å².